The van der Waals surface area contributed by atoms with Gasteiger partial charge in [0.05, 0.1) is 13.2 Å². The lowest BCUT2D eigenvalue weighted by Gasteiger charge is -2.41. The molecular formula is C23H25N3OS. The Labute approximate surface area is 171 Å². The van der Waals surface area contributed by atoms with Crippen LogP contribution in [0.15, 0.2) is 42.5 Å². The maximum Gasteiger partial charge on any atom is 0.174 e. The number of nitrogens with zero attached hydrogens (tertiary/aromatic N) is 2. The van der Waals surface area contributed by atoms with Crippen molar-refractivity contribution in [3.8, 4) is 5.75 Å². The molecule has 2 heterocycles. The van der Waals surface area contributed by atoms with E-state index in [9.17, 15) is 0 Å². The highest BCUT2D eigenvalue weighted by atomic mass is 32.1. The Kier molecular flexibility index (Phi) is 4.27. The molecule has 0 fully saturated rings. The van der Waals surface area contributed by atoms with E-state index in [4.69, 9.17) is 17.0 Å². The number of benzene rings is 2. The Morgan fingerprint density at radius 1 is 1.14 bits per heavy atom. The first-order valence-corrected chi connectivity index (χ1v) is 10.4. The van der Waals surface area contributed by atoms with Crippen LogP contribution in [-0.2, 0) is 13.0 Å². The van der Waals surface area contributed by atoms with Gasteiger partial charge in [-0.3, -0.25) is 0 Å². The molecule has 1 aliphatic heterocycles. The Hall–Kier alpha value is -2.53. The highest BCUT2D eigenvalue weighted by molar-refractivity contribution is 7.80. The summed E-state index contributed by atoms with van der Waals surface area (Å²) in [6.45, 7) is 4.11. The molecular weight excluding hydrogens is 366 g/mol. The number of aryl methyl sites for hydroxylation is 2. The molecule has 1 aliphatic carbocycles. The minimum absolute atomic E-state index is 0.364. The number of hydrogen-bond donors (Lipinski definition) is 1. The molecule has 5 rings (SSSR count). The third-order valence-electron chi connectivity index (χ3n) is 6.13. The summed E-state index contributed by atoms with van der Waals surface area (Å²) in [7, 11) is 1.68. The minimum atomic E-state index is 0.364. The number of thiocarbonyl (C=S) groups is 1. The third-order valence-corrected chi connectivity index (χ3v) is 6.47. The van der Waals surface area contributed by atoms with Crippen LogP contribution < -0.4 is 10.1 Å². The van der Waals surface area contributed by atoms with E-state index >= 15 is 0 Å². The summed E-state index contributed by atoms with van der Waals surface area (Å²) in [5.41, 5.74) is 6.74. The second-order valence-electron chi connectivity index (χ2n) is 7.80. The summed E-state index contributed by atoms with van der Waals surface area (Å²) >= 11 is 5.83. The number of methoxy groups -OCH3 is 1. The zero-order chi connectivity index (χ0) is 19.3. The largest absolute Gasteiger partial charge is 0.497 e. The Morgan fingerprint density at radius 3 is 2.75 bits per heavy atom. The second-order valence-corrected chi connectivity index (χ2v) is 8.18. The van der Waals surface area contributed by atoms with Gasteiger partial charge >= 0.3 is 0 Å². The number of ether oxygens (including phenoxy) is 1. The molecule has 1 N–H and O–H groups in total. The van der Waals surface area contributed by atoms with Gasteiger partial charge in [0.15, 0.2) is 5.11 Å². The molecule has 1 aromatic heterocycles. The average Bonchev–Trinajstić information content (AvgIpc) is 3.04. The summed E-state index contributed by atoms with van der Waals surface area (Å²) in [6.07, 6.45) is 3.55. The van der Waals surface area contributed by atoms with Crippen molar-refractivity contribution in [1.29, 1.82) is 0 Å². The monoisotopic (exact) mass is 391 g/mol. The fourth-order valence-electron chi connectivity index (χ4n) is 4.83. The smallest absolute Gasteiger partial charge is 0.174 e. The van der Waals surface area contributed by atoms with Crippen molar-refractivity contribution in [2.75, 3.05) is 19.0 Å². The molecule has 2 aliphatic rings. The van der Waals surface area contributed by atoms with Crippen molar-refractivity contribution in [2.24, 2.45) is 0 Å². The van der Waals surface area contributed by atoms with Crippen molar-refractivity contribution in [2.45, 2.75) is 38.8 Å². The number of aromatic nitrogens is 1. The molecule has 0 unspecified atom stereocenters. The quantitative estimate of drug-likeness (QED) is 0.619. The van der Waals surface area contributed by atoms with Crippen LogP contribution in [0.3, 0.4) is 0 Å². The average molecular weight is 392 g/mol. The van der Waals surface area contributed by atoms with Gasteiger partial charge in [-0.25, -0.2) is 0 Å². The van der Waals surface area contributed by atoms with Gasteiger partial charge in [0.2, 0.25) is 0 Å². The van der Waals surface area contributed by atoms with Crippen molar-refractivity contribution >= 4 is 33.9 Å². The maximum absolute atomic E-state index is 5.83. The van der Waals surface area contributed by atoms with Crippen LogP contribution >= 0.6 is 12.2 Å². The van der Waals surface area contributed by atoms with E-state index in [-0.39, 0.29) is 0 Å². The van der Waals surface area contributed by atoms with Crippen LogP contribution in [0.2, 0.25) is 0 Å². The highest BCUT2D eigenvalue weighted by Gasteiger charge is 2.35. The zero-order valence-electron chi connectivity index (χ0n) is 16.4. The van der Waals surface area contributed by atoms with Crippen molar-refractivity contribution in [3.63, 3.8) is 0 Å². The SMILES string of the molecule is COc1ccc(NC(=S)N2CCn3c4c(c5cc(C)ccc53)CCC[C@H]42)cc1. The van der Waals surface area contributed by atoms with E-state index in [0.29, 0.717) is 6.04 Å². The summed E-state index contributed by atoms with van der Waals surface area (Å²) < 4.78 is 7.79. The van der Waals surface area contributed by atoms with Gasteiger partial charge in [-0.1, -0.05) is 11.6 Å². The van der Waals surface area contributed by atoms with Gasteiger partial charge in [-0.05, 0) is 80.4 Å². The normalized spacial score (nSPS) is 18.1. The third kappa shape index (κ3) is 2.76. The van der Waals surface area contributed by atoms with E-state index in [0.717, 1.165) is 36.1 Å². The van der Waals surface area contributed by atoms with Crippen LogP contribution in [0.25, 0.3) is 10.9 Å². The number of nitrogens with one attached hydrogen (secondary N) is 1. The summed E-state index contributed by atoms with van der Waals surface area (Å²) in [6, 6.07) is 15.2. The molecule has 0 saturated heterocycles. The summed E-state index contributed by atoms with van der Waals surface area (Å²) in [5.74, 6) is 0.853. The molecule has 0 radical (unpaired) electrons. The first-order valence-electron chi connectivity index (χ1n) is 9.99. The predicted molar refractivity (Wildman–Crippen MR) is 118 cm³/mol. The molecule has 0 saturated carbocycles. The molecule has 0 spiro atoms. The first-order chi connectivity index (χ1) is 13.7. The first kappa shape index (κ1) is 17.6. The lowest BCUT2D eigenvalue weighted by molar-refractivity contribution is 0.235. The van der Waals surface area contributed by atoms with E-state index in [1.165, 1.54) is 40.6 Å². The summed E-state index contributed by atoms with van der Waals surface area (Å²) in [4.78, 5) is 2.39. The van der Waals surface area contributed by atoms with E-state index in [1.54, 1.807) is 7.11 Å². The van der Waals surface area contributed by atoms with E-state index < -0.39 is 0 Å². The fraction of sp³-hybridized carbons (Fsp3) is 0.348. The number of anilines is 1. The van der Waals surface area contributed by atoms with Gasteiger partial charge in [0.25, 0.3) is 0 Å². The molecule has 28 heavy (non-hydrogen) atoms. The predicted octanol–water partition coefficient (Wildman–Crippen LogP) is 5.05. The number of hydrogen-bond acceptors (Lipinski definition) is 2. The van der Waals surface area contributed by atoms with Crippen molar-refractivity contribution < 1.29 is 4.74 Å². The molecule has 2 aromatic carbocycles. The zero-order valence-corrected chi connectivity index (χ0v) is 17.2. The fourth-order valence-corrected chi connectivity index (χ4v) is 5.17. The van der Waals surface area contributed by atoms with Crippen LogP contribution in [0.1, 0.15) is 35.7 Å². The van der Waals surface area contributed by atoms with Crippen LogP contribution in [0.5, 0.6) is 5.75 Å². The van der Waals surface area contributed by atoms with Gasteiger partial charge in [0.1, 0.15) is 5.75 Å². The molecule has 144 valence electrons. The highest BCUT2D eigenvalue weighted by Crippen LogP contribution is 2.43. The number of rotatable bonds is 2. The van der Waals surface area contributed by atoms with Crippen molar-refractivity contribution in [3.05, 3.63) is 59.3 Å². The number of fused-ring (bicyclic) bond motifs is 3. The Morgan fingerprint density at radius 2 is 1.96 bits per heavy atom. The lowest BCUT2D eigenvalue weighted by Crippen LogP contribution is -2.45. The van der Waals surface area contributed by atoms with Crippen LogP contribution in [-0.4, -0.2) is 28.2 Å². The standard InChI is InChI=1S/C23H25N3OS/c1-15-6-11-20-19(14-15)18-4-3-5-21-22(18)25(20)12-13-26(21)23(28)24-16-7-9-17(27-2)10-8-16/h6-11,14,21H,3-5,12-13H2,1-2H3,(H,24,28)/t21-/m1/s1. The van der Waals surface area contributed by atoms with E-state index in [1.807, 2.05) is 24.3 Å². The van der Waals surface area contributed by atoms with Gasteiger partial charge in [-0.15, -0.1) is 0 Å². The van der Waals surface area contributed by atoms with Crippen LogP contribution in [0.4, 0.5) is 5.69 Å². The second kappa shape index (κ2) is 6.82. The molecule has 5 heteroatoms. The molecule has 1 atom stereocenters. The molecule has 3 aromatic rings. The Bertz CT molecular complexity index is 1050. The molecule has 0 amide bonds. The van der Waals surface area contributed by atoms with Crippen molar-refractivity contribution in [1.82, 2.24) is 9.47 Å². The van der Waals surface area contributed by atoms with Gasteiger partial charge in [0, 0.05) is 35.4 Å². The van der Waals surface area contributed by atoms with Crippen LogP contribution in [0, 0.1) is 6.92 Å². The Balaban J connectivity index is 1.47. The maximum atomic E-state index is 5.83. The van der Waals surface area contributed by atoms with Gasteiger partial charge in [-0.2, -0.15) is 0 Å². The van der Waals surface area contributed by atoms with Gasteiger partial charge < -0.3 is 19.5 Å². The molecule has 4 nitrogen and oxygen atoms in total. The molecule has 0 bridgehead atoms. The summed E-state index contributed by atoms with van der Waals surface area (Å²) in [5, 5.41) is 5.69. The topological polar surface area (TPSA) is 29.4 Å². The lowest BCUT2D eigenvalue weighted by atomic mass is 9.89. The van der Waals surface area contributed by atoms with E-state index in [2.05, 4.69) is 39.9 Å². The minimum Gasteiger partial charge on any atom is -0.497 e.